The van der Waals surface area contributed by atoms with Crippen molar-refractivity contribution in [1.29, 1.82) is 0 Å². The molecule has 0 amide bonds. The van der Waals surface area contributed by atoms with Gasteiger partial charge in [0.2, 0.25) is 40.1 Å². The van der Waals surface area contributed by atoms with Crippen LogP contribution in [0.3, 0.4) is 0 Å². The Morgan fingerprint density at radius 1 is 0.347 bits per heavy atom. The van der Waals surface area contributed by atoms with E-state index in [2.05, 4.69) is 101 Å². The van der Waals surface area contributed by atoms with E-state index in [1.165, 1.54) is 109 Å². The molecular formula is C100H144N24O16S4. The molecule has 4 aromatic carbocycles. The van der Waals surface area contributed by atoms with Gasteiger partial charge < -0.3 is 58.5 Å². The number of ether oxygens (including phenoxy) is 4. The monoisotopic (exact) mass is 2080 g/mol. The van der Waals surface area contributed by atoms with Crippen LogP contribution in [0.5, 0.6) is 23.0 Å². The summed E-state index contributed by atoms with van der Waals surface area (Å²) in [5.41, 5.74) is 0.613. The minimum atomic E-state index is -4.31. The third kappa shape index (κ3) is 26.5. The molecule has 0 radical (unpaired) electrons. The number of H-pyrrole nitrogens is 4. The highest BCUT2D eigenvalue weighted by atomic mass is 32.2. The van der Waals surface area contributed by atoms with E-state index in [9.17, 15) is 52.8 Å². The lowest BCUT2D eigenvalue weighted by molar-refractivity contribution is 0.297. The molecule has 44 heteroatoms. The van der Waals surface area contributed by atoms with E-state index in [4.69, 9.17) is 36.8 Å². The Bertz CT molecular complexity index is 7890. The Labute approximate surface area is 861 Å². The molecule has 8 aromatic heterocycles. The number of hydrogen-bond acceptors (Lipinski definition) is 28. The predicted octanol–water partition coefficient (Wildman–Crippen LogP) is 11.3. The van der Waals surface area contributed by atoms with Gasteiger partial charge in [0.1, 0.15) is 68.4 Å². The van der Waals surface area contributed by atoms with E-state index < -0.39 is 107 Å². The van der Waals surface area contributed by atoms with Gasteiger partial charge in [-0.1, -0.05) is 80.9 Å². The highest BCUT2D eigenvalue weighted by molar-refractivity contribution is 7.90. The van der Waals surface area contributed by atoms with Gasteiger partial charge in [-0.2, -0.15) is 20.4 Å². The molecule has 4 aliphatic rings. The number of aromatic nitrogens is 16. The molecule has 16 rings (SSSR count). The predicted molar refractivity (Wildman–Crippen MR) is 559 cm³/mol. The third-order valence-corrected chi connectivity index (χ3v) is 31.1. The van der Waals surface area contributed by atoms with Gasteiger partial charge in [-0.3, -0.25) is 37.9 Å². The molecular weight excluding hydrogens is 1920 g/mol. The van der Waals surface area contributed by atoms with Gasteiger partial charge in [-0.15, -0.1) is 0 Å². The Kier molecular flexibility index (Phi) is 32.2. The van der Waals surface area contributed by atoms with Crippen molar-refractivity contribution < 1.29 is 70.4 Å². The molecule has 0 saturated carbocycles. The van der Waals surface area contributed by atoms with Crippen LogP contribution in [0.4, 0.5) is 0 Å². The molecule has 5 atom stereocenters. The topological polar surface area (TPSA) is 489 Å². The quantitative estimate of drug-likeness (QED) is 0.0176. The number of aromatic amines is 4. The molecule has 4 saturated heterocycles. The van der Waals surface area contributed by atoms with E-state index in [1.54, 1.807) is 27.2 Å². The fourth-order valence-electron chi connectivity index (χ4n) is 18.1. The number of likely N-dealkylation sites (tertiary alicyclic amines) is 4. The number of fused-ring (bicyclic) bond motifs is 4. The van der Waals surface area contributed by atoms with Gasteiger partial charge in [-0.25, -0.2) is 72.5 Å². The fourth-order valence-corrected chi connectivity index (χ4v) is 22.1. The Morgan fingerprint density at radius 3 is 0.882 bits per heavy atom. The van der Waals surface area contributed by atoms with Crippen LogP contribution < -0.4 is 60.1 Å². The van der Waals surface area contributed by atoms with Crippen molar-refractivity contribution in [1.82, 2.24) is 117 Å². The second-order valence-corrected chi connectivity index (χ2v) is 43.1. The first-order valence-corrected chi connectivity index (χ1v) is 54.6. The van der Waals surface area contributed by atoms with Crippen LogP contribution in [0.15, 0.2) is 112 Å². The Hall–Kier alpha value is -11.0. The zero-order valence-electron chi connectivity index (χ0n) is 97.6. The maximum atomic E-state index is 13.4. The molecule has 144 heavy (non-hydrogen) atoms. The number of rotatable bonds is 44. The second kappa shape index (κ2) is 49.9. The second-order valence-electron chi connectivity index (χ2n) is 36.1. The summed E-state index contributed by atoms with van der Waals surface area (Å²) in [5, 5.41) is 17.0. The van der Waals surface area contributed by atoms with Crippen LogP contribution in [0.25, 0.3) is 89.7 Å². The summed E-state index contributed by atoms with van der Waals surface area (Å²) in [7, 11) is -1.94. The molecule has 12 heterocycles. The molecule has 12 aromatic rings. The van der Waals surface area contributed by atoms with Crippen LogP contribution in [-0.4, -0.2) is 263 Å². The van der Waals surface area contributed by atoms with Crippen molar-refractivity contribution in [2.75, 3.05) is 107 Å². The summed E-state index contributed by atoms with van der Waals surface area (Å²) in [6.07, 6.45) is 2.75. The van der Waals surface area contributed by atoms with Gasteiger partial charge in [-0.05, 0) is 256 Å². The first-order valence-electron chi connectivity index (χ1n) is 55.3. The lowest BCUT2D eigenvalue weighted by atomic mass is 10.1. The number of benzene rings is 4. The van der Waals surface area contributed by atoms with E-state index in [1.807, 2.05) is 53.7 Å². The molecule has 40 nitrogen and oxygen atoms in total. The van der Waals surface area contributed by atoms with Crippen LogP contribution in [0, 0.1) is 0 Å². The molecule has 0 aliphatic carbocycles. The zero-order chi connectivity index (χ0) is 115. The van der Waals surface area contributed by atoms with Gasteiger partial charge in [0, 0.05) is 96.3 Å². The van der Waals surface area contributed by atoms with E-state index in [0.717, 1.165) is 102 Å². The fraction of sp³-hybridized carbons (Fsp3) is 0.560. The van der Waals surface area contributed by atoms with Crippen molar-refractivity contribution in [3.63, 3.8) is 0 Å². The molecule has 784 valence electrons. The summed E-state index contributed by atoms with van der Waals surface area (Å²) in [6, 6.07) is 18.0. The van der Waals surface area contributed by atoms with Gasteiger partial charge in [0.05, 0.1) is 91.0 Å². The number of hydrogen-bond donors (Lipinski definition) is 8. The normalized spacial score (nSPS) is 18.9. The van der Waals surface area contributed by atoms with Crippen molar-refractivity contribution in [2.45, 2.75) is 253 Å². The highest BCUT2D eigenvalue weighted by Gasteiger charge is 2.32. The average molecular weight is 2080 g/mol. The minimum Gasteiger partial charge on any atom is -0.493 e. The molecule has 0 bridgehead atoms. The zero-order valence-corrected chi connectivity index (χ0v) is 87.9. The summed E-state index contributed by atoms with van der Waals surface area (Å²) in [5.74, 6) is 1.49. The molecule has 4 aliphatic heterocycles. The smallest absolute Gasteiger partial charge is 0.277 e. The number of nitrogens with one attached hydrogen (secondary N) is 8. The maximum absolute atomic E-state index is 13.4. The van der Waals surface area contributed by atoms with Crippen molar-refractivity contribution in [3.8, 4) is 68.5 Å². The van der Waals surface area contributed by atoms with E-state index >= 15 is 0 Å². The van der Waals surface area contributed by atoms with Gasteiger partial charge >= 0.3 is 0 Å². The molecule has 8 N–H and O–H groups in total. The van der Waals surface area contributed by atoms with Gasteiger partial charge in [0.15, 0.2) is 22.1 Å². The summed E-state index contributed by atoms with van der Waals surface area (Å²) in [6.45, 7) is 15.7. The van der Waals surface area contributed by atoms with Gasteiger partial charge in [0.25, 0.3) is 22.2 Å². The first-order chi connectivity index (χ1) is 73.4. The summed E-state index contributed by atoms with van der Waals surface area (Å²) in [4.78, 5) is 89.7. The van der Waals surface area contributed by atoms with Crippen LogP contribution in [0.2, 0.25) is 0 Å². The Morgan fingerprint density at radius 2 is 0.611 bits per heavy atom. The van der Waals surface area contributed by atoms with Crippen molar-refractivity contribution in [2.24, 2.45) is 28.2 Å². The molecule has 5 unspecified atom stereocenters. The van der Waals surface area contributed by atoms with Crippen LogP contribution in [0.1, 0.15) is 224 Å². The minimum absolute atomic E-state index is 0.00747. The lowest BCUT2D eigenvalue weighted by Gasteiger charge is -2.19. The Balaban J connectivity index is 0.000000173. The standard InChI is InChI=1S/4C25H36N6O4S/c4*1-5-8-20-22-23(31(4)29-20)25(32)28-24(27-22)19-16-18(10-11-21(19)35-15-6-2)36(33,34)26-13-12-17-9-7-14-30(17)3/h4*10-11,16-17,26H,5-9,12-15H2,1-4H3,(H,27,28,32)/i5D2,13D2;5D2,13D;5D2,8D2;5D2. The maximum Gasteiger partial charge on any atom is 0.277 e. The first kappa shape index (κ1) is 92.8. The lowest BCUT2D eigenvalue weighted by Crippen LogP contribution is -2.31. The number of aryl methyl sites for hydroxylation is 8. The highest BCUT2D eigenvalue weighted by Crippen LogP contribution is 2.38. The van der Waals surface area contributed by atoms with E-state index in [0.29, 0.717) is 111 Å². The van der Waals surface area contributed by atoms with Crippen molar-refractivity contribution in [3.05, 3.63) is 137 Å². The third-order valence-electron chi connectivity index (χ3n) is 25.6. The summed E-state index contributed by atoms with van der Waals surface area (Å²) >= 11 is 0. The SMILES string of the molecule is [2H]C(CC1CCCN1C)NS(=O)(=O)c1ccc(OCCC)c(-c2nc3c(CC([2H])([2H])C)nn(C)c3c(=O)[nH]2)c1.[2H]C([2H])(C)C([2H])([2H])c1nn(C)c2c(=O)[nH]c(-c3cc(S(=O)(=O)NCCC4CCCN4C)ccc3OCCC)nc12.[2H]C([2H])(C)Cc1nn(C)c2c(=O)[nH]c(-c3cc(S(=O)(=O)NC([2H])([2H])CC4CCCN4C)ccc3OCCC)nc12.[2H]C([2H])(C)Cc1nn(C)c2c(=O)[nH]c(-c3cc(S(=O)(=O)NCCC4CCCN4C)ccc3OCCC)nc12. The molecule has 0 spiro atoms. The molecule has 4 fully saturated rings. The summed E-state index contributed by atoms with van der Waals surface area (Å²) < 4.78 is 250. The number of sulfonamides is 4. The number of nitrogens with zero attached hydrogens (tertiary/aromatic N) is 16. The van der Waals surface area contributed by atoms with Crippen LogP contribution >= 0.6 is 0 Å². The average Bonchev–Trinajstić information content (AvgIpc) is 1.63. The van der Waals surface area contributed by atoms with Crippen LogP contribution in [-0.2, 0) is 93.9 Å². The van der Waals surface area contributed by atoms with E-state index in [-0.39, 0.29) is 165 Å². The largest absolute Gasteiger partial charge is 0.493 e. The van der Waals surface area contributed by atoms with Crippen molar-refractivity contribution >= 4 is 84.2 Å².